The minimum Gasteiger partial charge on any atom is -0.350 e. The number of urea groups is 1. The lowest BCUT2D eigenvalue weighted by Crippen LogP contribution is -2.45. The first kappa shape index (κ1) is 17.0. The number of imide groups is 1. The van der Waals surface area contributed by atoms with E-state index < -0.39 is 17.5 Å². The van der Waals surface area contributed by atoms with Gasteiger partial charge in [-0.1, -0.05) is 42.1 Å². The lowest BCUT2D eigenvalue weighted by atomic mass is 9.98. The molecular weight excluding hydrogens is 353 g/mol. The Hall–Kier alpha value is -1.79. The molecule has 0 unspecified atom stereocenters. The summed E-state index contributed by atoms with van der Waals surface area (Å²) in [6, 6.07) is 4.48. The molecule has 1 aromatic carbocycles. The van der Waals surface area contributed by atoms with Crippen LogP contribution in [0, 0.1) is 0 Å². The highest BCUT2D eigenvalue weighted by Gasteiger charge is 2.52. The average molecular weight is 370 g/mol. The quantitative estimate of drug-likeness (QED) is 0.800. The zero-order valence-electron chi connectivity index (χ0n) is 12.9. The molecular formula is C16H17Cl2N3O3. The lowest BCUT2D eigenvalue weighted by Gasteiger charge is -2.19. The van der Waals surface area contributed by atoms with Gasteiger partial charge in [0.15, 0.2) is 0 Å². The lowest BCUT2D eigenvalue weighted by molar-refractivity contribution is -0.134. The molecule has 0 aromatic heterocycles. The number of rotatable bonds is 4. The van der Waals surface area contributed by atoms with Crippen molar-refractivity contribution < 1.29 is 14.4 Å². The maximum atomic E-state index is 12.5. The van der Waals surface area contributed by atoms with Gasteiger partial charge in [0.1, 0.15) is 12.1 Å². The van der Waals surface area contributed by atoms with Crippen LogP contribution in [0.25, 0.3) is 0 Å². The SMILES string of the molecule is O=C(CN1C(=O)NC2(CCCC2)C1=O)NCc1ccc(Cl)cc1Cl. The zero-order chi connectivity index (χ0) is 17.3. The van der Waals surface area contributed by atoms with Gasteiger partial charge in [0.05, 0.1) is 0 Å². The van der Waals surface area contributed by atoms with Gasteiger partial charge in [0, 0.05) is 16.6 Å². The Bertz CT molecular complexity index is 702. The van der Waals surface area contributed by atoms with Crippen LogP contribution < -0.4 is 10.6 Å². The molecule has 0 atom stereocenters. The largest absolute Gasteiger partial charge is 0.350 e. The van der Waals surface area contributed by atoms with Gasteiger partial charge in [0.25, 0.3) is 5.91 Å². The maximum absolute atomic E-state index is 12.5. The topological polar surface area (TPSA) is 78.5 Å². The molecule has 0 bridgehead atoms. The molecule has 3 rings (SSSR count). The normalized spacial score (nSPS) is 19.0. The van der Waals surface area contributed by atoms with Crippen molar-refractivity contribution in [2.75, 3.05) is 6.54 Å². The number of benzene rings is 1. The number of carbonyl (C=O) groups is 3. The number of carbonyl (C=O) groups excluding carboxylic acids is 3. The standard InChI is InChI=1S/C16H17Cl2N3O3/c17-11-4-3-10(12(18)7-11)8-19-13(22)9-21-14(23)16(20-15(21)24)5-1-2-6-16/h3-4,7H,1-2,5-6,8-9H2,(H,19,22)(H,20,24). The van der Waals surface area contributed by atoms with Crippen LogP contribution in [0.4, 0.5) is 4.79 Å². The smallest absolute Gasteiger partial charge is 0.325 e. The second kappa shape index (κ2) is 6.61. The molecule has 2 N–H and O–H groups in total. The van der Waals surface area contributed by atoms with E-state index >= 15 is 0 Å². The van der Waals surface area contributed by atoms with E-state index in [1.165, 1.54) is 0 Å². The molecule has 0 radical (unpaired) electrons. The first-order valence-corrected chi connectivity index (χ1v) is 8.52. The van der Waals surface area contributed by atoms with Crippen molar-refractivity contribution >= 4 is 41.0 Å². The van der Waals surface area contributed by atoms with Crippen LogP contribution >= 0.6 is 23.2 Å². The Kier molecular flexibility index (Phi) is 4.69. The van der Waals surface area contributed by atoms with E-state index in [2.05, 4.69) is 10.6 Å². The van der Waals surface area contributed by atoms with Crippen LogP contribution in [0.1, 0.15) is 31.2 Å². The minimum atomic E-state index is -0.795. The highest BCUT2D eigenvalue weighted by molar-refractivity contribution is 6.35. The maximum Gasteiger partial charge on any atom is 0.325 e. The van der Waals surface area contributed by atoms with Gasteiger partial charge in [-0.3, -0.25) is 14.5 Å². The van der Waals surface area contributed by atoms with Crippen molar-refractivity contribution in [3.63, 3.8) is 0 Å². The van der Waals surface area contributed by atoms with Crippen LogP contribution in [0.3, 0.4) is 0 Å². The van der Waals surface area contributed by atoms with E-state index in [1.54, 1.807) is 18.2 Å². The van der Waals surface area contributed by atoms with Crippen LogP contribution in [0.5, 0.6) is 0 Å². The van der Waals surface area contributed by atoms with Crippen molar-refractivity contribution in [3.8, 4) is 0 Å². The van der Waals surface area contributed by atoms with Gasteiger partial charge in [-0.05, 0) is 30.5 Å². The van der Waals surface area contributed by atoms with Crippen LogP contribution in [0.2, 0.25) is 10.0 Å². The van der Waals surface area contributed by atoms with Crippen molar-refractivity contribution in [1.82, 2.24) is 15.5 Å². The third-order valence-electron chi connectivity index (χ3n) is 4.50. The van der Waals surface area contributed by atoms with Gasteiger partial charge < -0.3 is 10.6 Å². The molecule has 2 fully saturated rings. The first-order chi connectivity index (χ1) is 11.4. The zero-order valence-corrected chi connectivity index (χ0v) is 14.4. The Labute approximate surface area is 149 Å². The van der Waals surface area contributed by atoms with E-state index in [-0.39, 0.29) is 19.0 Å². The molecule has 128 valence electrons. The third kappa shape index (κ3) is 3.21. The van der Waals surface area contributed by atoms with Crippen molar-refractivity contribution in [2.24, 2.45) is 0 Å². The number of halogens is 2. The van der Waals surface area contributed by atoms with Crippen molar-refractivity contribution in [3.05, 3.63) is 33.8 Å². The van der Waals surface area contributed by atoms with Crippen LogP contribution in [-0.4, -0.2) is 34.8 Å². The fraction of sp³-hybridized carbons (Fsp3) is 0.438. The van der Waals surface area contributed by atoms with Gasteiger partial charge >= 0.3 is 6.03 Å². The predicted molar refractivity (Wildman–Crippen MR) is 89.8 cm³/mol. The van der Waals surface area contributed by atoms with Crippen LogP contribution in [-0.2, 0) is 16.1 Å². The Balaban J connectivity index is 1.59. The van der Waals surface area contributed by atoms with E-state index in [0.29, 0.717) is 28.5 Å². The van der Waals surface area contributed by atoms with Crippen molar-refractivity contribution in [1.29, 1.82) is 0 Å². The van der Waals surface area contributed by atoms with Gasteiger partial charge in [0.2, 0.25) is 5.91 Å². The highest BCUT2D eigenvalue weighted by atomic mass is 35.5. The molecule has 1 saturated heterocycles. The van der Waals surface area contributed by atoms with Gasteiger partial charge in [-0.2, -0.15) is 0 Å². The minimum absolute atomic E-state index is 0.198. The molecule has 8 heteroatoms. The summed E-state index contributed by atoms with van der Waals surface area (Å²) in [5.41, 5.74) is -0.0875. The highest BCUT2D eigenvalue weighted by Crippen LogP contribution is 2.34. The molecule has 4 amide bonds. The summed E-state index contributed by atoms with van der Waals surface area (Å²) in [5, 5.41) is 6.37. The van der Waals surface area contributed by atoms with E-state index in [4.69, 9.17) is 23.2 Å². The molecule has 2 aliphatic rings. The monoisotopic (exact) mass is 369 g/mol. The molecule has 1 spiro atoms. The second-order valence-electron chi connectivity index (χ2n) is 6.12. The number of amides is 4. The number of hydrogen-bond acceptors (Lipinski definition) is 3. The van der Waals surface area contributed by atoms with Crippen LogP contribution in [0.15, 0.2) is 18.2 Å². The summed E-state index contributed by atoms with van der Waals surface area (Å²) in [6.45, 7) is -0.0960. The molecule has 6 nitrogen and oxygen atoms in total. The van der Waals surface area contributed by atoms with E-state index in [1.807, 2.05) is 0 Å². The number of hydrogen-bond donors (Lipinski definition) is 2. The molecule has 1 aromatic rings. The third-order valence-corrected chi connectivity index (χ3v) is 5.08. The first-order valence-electron chi connectivity index (χ1n) is 7.76. The molecule has 1 heterocycles. The summed E-state index contributed by atoms with van der Waals surface area (Å²) in [4.78, 5) is 37.6. The van der Waals surface area contributed by atoms with Gasteiger partial charge in [-0.15, -0.1) is 0 Å². The van der Waals surface area contributed by atoms with E-state index in [0.717, 1.165) is 17.7 Å². The predicted octanol–water partition coefficient (Wildman–Crippen LogP) is 2.47. The molecule has 24 heavy (non-hydrogen) atoms. The fourth-order valence-electron chi connectivity index (χ4n) is 3.20. The summed E-state index contributed by atoms with van der Waals surface area (Å²) >= 11 is 11.9. The fourth-order valence-corrected chi connectivity index (χ4v) is 3.67. The molecule has 1 aliphatic carbocycles. The number of nitrogens with zero attached hydrogens (tertiary/aromatic N) is 1. The average Bonchev–Trinajstić information content (AvgIpc) is 3.08. The molecule has 1 aliphatic heterocycles. The summed E-state index contributed by atoms with van der Waals surface area (Å²) in [5.74, 6) is -0.718. The summed E-state index contributed by atoms with van der Waals surface area (Å²) < 4.78 is 0. The second-order valence-corrected chi connectivity index (χ2v) is 6.97. The van der Waals surface area contributed by atoms with Gasteiger partial charge in [-0.25, -0.2) is 4.79 Å². The molecule has 1 saturated carbocycles. The number of nitrogens with one attached hydrogen (secondary N) is 2. The summed E-state index contributed by atoms with van der Waals surface area (Å²) in [6.07, 6.45) is 3.08. The Morgan fingerprint density at radius 2 is 1.96 bits per heavy atom. The Morgan fingerprint density at radius 1 is 1.25 bits per heavy atom. The van der Waals surface area contributed by atoms with E-state index in [9.17, 15) is 14.4 Å². The summed E-state index contributed by atoms with van der Waals surface area (Å²) in [7, 11) is 0. The van der Waals surface area contributed by atoms with Crippen molar-refractivity contribution in [2.45, 2.75) is 37.8 Å². The Morgan fingerprint density at radius 3 is 2.62 bits per heavy atom.